The summed E-state index contributed by atoms with van der Waals surface area (Å²) in [4.78, 5) is 21.2. The first-order valence-electron chi connectivity index (χ1n) is 7.87. The Balaban J connectivity index is 1.64. The van der Waals surface area contributed by atoms with Crippen LogP contribution in [0.5, 0.6) is 0 Å². The zero-order valence-electron chi connectivity index (χ0n) is 13.7. The van der Waals surface area contributed by atoms with Crippen molar-refractivity contribution in [1.82, 2.24) is 29.1 Å². The van der Waals surface area contributed by atoms with Gasteiger partial charge < -0.3 is 0 Å². The van der Waals surface area contributed by atoms with Gasteiger partial charge in [0.1, 0.15) is 17.2 Å². The van der Waals surface area contributed by atoms with E-state index in [1.807, 2.05) is 40.1 Å². The molecule has 26 heavy (non-hydrogen) atoms. The molecule has 5 aromatic rings. The van der Waals surface area contributed by atoms with Crippen molar-refractivity contribution in [1.29, 1.82) is 0 Å². The smallest absolute Gasteiger partial charge is 0.262 e. The van der Waals surface area contributed by atoms with Gasteiger partial charge in [-0.05, 0) is 23.6 Å². The summed E-state index contributed by atoms with van der Waals surface area (Å²) in [5, 5.41) is 12.1. The molecule has 0 N–H and O–H groups in total. The van der Waals surface area contributed by atoms with E-state index in [4.69, 9.17) is 0 Å². The molecule has 0 spiro atoms. The number of fused-ring (bicyclic) bond motifs is 4. The molecule has 0 radical (unpaired) electrons. The molecule has 0 saturated heterocycles. The van der Waals surface area contributed by atoms with Crippen LogP contribution in [0.1, 0.15) is 5.82 Å². The first-order chi connectivity index (χ1) is 12.7. The van der Waals surface area contributed by atoms with E-state index in [1.54, 1.807) is 36.5 Å². The minimum Gasteiger partial charge on any atom is -0.279 e. The first-order valence-corrected chi connectivity index (χ1v) is 9.73. The number of aromatic nitrogens is 6. The van der Waals surface area contributed by atoms with Gasteiger partial charge in [-0.1, -0.05) is 23.9 Å². The first kappa shape index (κ1) is 15.5. The maximum absolute atomic E-state index is 12.5. The minimum atomic E-state index is -0.0733. The maximum Gasteiger partial charge on any atom is 0.262 e. The van der Waals surface area contributed by atoms with E-state index in [0.29, 0.717) is 16.9 Å². The van der Waals surface area contributed by atoms with Gasteiger partial charge in [0, 0.05) is 7.05 Å². The molecule has 4 heterocycles. The summed E-state index contributed by atoms with van der Waals surface area (Å²) in [7, 11) is 1.72. The third kappa shape index (κ3) is 2.24. The van der Waals surface area contributed by atoms with Gasteiger partial charge in [0.25, 0.3) is 5.56 Å². The lowest BCUT2D eigenvalue weighted by Crippen LogP contribution is -2.20. The summed E-state index contributed by atoms with van der Waals surface area (Å²) < 4.78 is 4.55. The molecule has 0 fully saturated rings. The Morgan fingerprint density at radius 2 is 2.04 bits per heavy atom. The van der Waals surface area contributed by atoms with Crippen LogP contribution in [0.4, 0.5) is 0 Å². The summed E-state index contributed by atoms with van der Waals surface area (Å²) in [6.45, 7) is 0. The summed E-state index contributed by atoms with van der Waals surface area (Å²) in [5.41, 5.74) is 1.69. The zero-order valence-corrected chi connectivity index (χ0v) is 15.3. The van der Waals surface area contributed by atoms with Crippen molar-refractivity contribution in [2.24, 2.45) is 7.05 Å². The summed E-state index contributed by atoms with van der Waals surface area (Å²) in [6.07, 6.45) is 1.58. The fraction of sp³-hybridized carbons (Fsp3) is 0.118. The van der Waals surface area contributed by atoms with Crippen LogP contribution in [0.25, 0.3) is 26.9 Å². The Kier molecular flexibility index (Phi) is 3.50. The lowest BCUT2D eigenvalue weighted by Gasteiger charge is -2.07. The molecule has 0 amide bonds. The number of rotatable bonds is 3. The molecule has 9 heteroatoms. The number of para-hydroxylation sites is 1. The van der Waals surface area contributed by atoms with E-state index < -0.39 is 0 Å². The van der Waals surface area contributed by atoms with Gasteiger partial charge in [0.15, 0.2) is 0 Å². The van der Waals surface area contributed by atoms with E-state index in [-0.39, 0.29) is 5.56 Å². The highest BCUT2D eigenvalue weighted by molar-refractivity contribution is 7.98. The summed E-state index contributed by atoms with van der Waals surface area (Å²) in [6, 6.07) is 9.51. The third-order valence-corrected chi connectivity index (χ3v) is 6.27. The van der Waals surface area contributed by atoms with Gasteiger partial charge in [-0.3, -0.25) is 13.8 Å². The number of thioether (sulfide) groups is 1. The van der Waals surface area contributed by atoms with Crippen LogP contribution in [0.2, 0.25) is 0 Å². The second-order valence-electron chi connectivity index (χ2n) is 5.74. The Morgan fingerprint density at radius 3 is 2.96 bits per heavy atom. The van der Waals surface area contributed by atoms with Crippen LogP contribution in [-0.4, -0.2) is 29.1 Å². The SMILES string of the molecule is Cn1c(=O)c2ccccc2n2c(CSc3ncnc4ccsc34)nnc12. The van der Waals surface area contributed by atoms with Crippen LogP contribution in [-0.2, 0) is 12.8 Å². The molecule has 0 aliphatic rings. The van der Waals surface area contributed by atoms with E-state index in [1.165, 1.54) is 4.57 Å². The Labute approximate surface area is 155 Å². The quantitative estimate of drug-likeness (QED) is 0.354. The molecule has 5 rings (SSSR count). The minimum absolute atomic E-state index is 0.0733. The number of thiophene rings is 1. The number of hydrogen-bond acceptors (Lipinski definition) is 7. The molecule has 1 aromatic carbocycles. The molecule has 0 saturated carbocycles. The lowest BCUT2D eigenvalue weighted by atomic mass is 10.2. The van der Waals surface area contributed by atoms with Crippen LogP contribution in [0.3, 0.4) is 0 Å². The molecule has 0 atom stereocenters. The normalized spacial score (nSPS) is 11.7. The molecule has 4 aromatic heterocycles. The number of aryl methyl sites for hydroxylation is 1. The van der Waals surface area contributed by atoms with Gasteiger partial charge in [0.05, 0.1) is 26.9 Å². The Bertz CT molecular complexity index is 1340. The van der Waals surface area contributed by atoms with Crippen LogP contribution in [0, 0.1) is 0 Å². The van der Waals surface area contributed by atoms with Gasteiger partial charge in [-0.2, -0.15) is 0 Å². The predicted octanol–water partition coefficient (Wildman–Crippen LogP) is 2.88. The van der Waals surface area contributed by atoms with Crippen LogP contribution in [0.15, 0.2) is 51.9 Å². The van der Waals surface area contributed by atoms with Crippen molar-refractivity contribution in [3.8, 4) is 0 Å². The van der Waals surface area contributed by atoms with Crippen LogP contribution < -0.4 is 5.56 Å². The number of benzene rings is 1. The topological polar surface area (TPSA) is 78.0 Å². The number of nitrogens with zero attached hydrogens (tertiary/aromatic N) is 6. The van der Waals surface area contributed by atoms with Crippen molar-refractivity contribution in [2.75, 3.05) is 0 Å². The lowest BCUT2D eigenvalue weighted by molar-refractivity contribution is 0.857. The number of hydrogen-bond donors (Lipinski definition) is 0. The van der Waals surface area contributed by atoms with Crippen molar-refractivity contribution in [3.05, 3.63) is 58.2 Å². The van der Waals surface area contributed by atoms with Crippen molar-refractivity contribution < 1.29 is 0 Å². The monoisotopic (exact) mass is 380 g/mol. The molecule has 0 aliphatic heterocycles. The molecule has 0 aliphatic carbocycles. The molecule has 128 valence electrons. The Morgan fingerprint density at radius 1 is 1.15 bits per heavy atom. The van der Waals surface area contributed by atoms with Gasteiger partial charge in [-0.25, -0.2) is 9.97 Å². The standard InChI is InChI=1S/C17H12N6OS2/c1-22-16(24)10-4-2-3-5-12(10)23-13(20-21-17(22)23)8-26-15-14-11(6-7-25-14)18-9-19-15/h2-7,9H,8H2,1H3. The largest absolute Gasteiger partial charge is 0.279 e. The van der Waals surface area contributed by atoms with E-state index >= 15 is 0 Å². The zero-order chi connectivity index (χ0) is 17.7. The molecular weight excluding hydrogens is 368 g/mol. The summed E-state index contributed by atoms with van der Waals surface area (Å²) >= 11 is 3.22. The highest BCUT2D eigenvalue weighted by atomic mass is 32.2. The van der Waals surface area contributed by atoms with Crippen molar-refractivity contribution >= 4 is 50.0 Å². The van der Waals surface area contributed by atoms with Crippen LogP contribution >= 0.6 is 23.1 Å². The molecule has 0 bridgehead atoms. The Hall–Kier alpha value is -2.78. The van der Waals surface area contributed by atoms with E-state index in [2.05, 4.69) is 20.2 Å². The van der Waals surface area contributed by atoms with Crippen molar-refractivity contribution in [3.63, 3.8) is 0 Å². The third-order valence-electron chi connectivity index (χ3n) is 4.24. The average molecular weight is 380 g/mol. The highest BCUT2D eigenvalue weighted by Gasteiger charge is 2.15. The maximum atomic E-state index is 12.5. The fourth-order valence-corrected chi connectivity index (χ4v) is 4.85. The van der Waals surface area contributed by atoms with Gasteiger partial charge in [-0.15, -0.1) is 21.5 Å². The van der Waals surface area contributed by atoms with E-state index in [9.17, 15) is 4.79 Å². The highest BCUT2D eigenvalue weighted by Crippen LogP contribution is 2.30. The summed E-state index contributed by atoms with van der Waals surface area (Å²) in [5.74, 6) is 1.90. The van der Waals surface area contributed by atoms with Crippen molar-refractivity contribution in [2.45, 2.75) is 10.8 Å². The molecule has 0 unspecified atom stereocenters. The predicted molar refractivity (Wildman–Crippen MR) is 103 cm³/mol. The van der Waals surface area contributed by atoms with Gasteiger partial charge in [0.2, 0.25) is 5.78 Å². The molecular formula is C17H12N6OS2. The van der Waals surface area contributed by atoms with Gasteiger partial charge >= 0.3 is 0 Å². The fourth-order valence-electron chi connectivity index (χ4n) is 2.99. The molecule has 7 nitrogen and oxygen atoms in total. The van der Waals surface area contributed by atoms with E-state index in [0.717, 1.165) is 26.6 Å². The second kappa shape index (κ2) is 5.89. The second-order valence-corrected chi connectivity index (χ2v) is 7.62. The average Bonchev–Trinajstić information content (AvgIpc) is 3.31.